The summed E-state index contributed by atoms with van der Waals surface area (Å²) in [5.74, 6) is 6.75. The highest BCUT2D eigenvalue weighted by Gasteiger charge is 2.69. The van der Waals surface area contributed by atoms with Crippen molar-refractivity contribution in [2.24, 2.45) is 23.7 Å². The van der Waals surface area contributed by atoms with E-state index < -0.39 is 17.7 Å². The van der Waals surface area contributed by atoms with Gasteiger partial charge in [0.1, 0.15) is 11.9 Å². The molecule has 5 fully saturated rings. The lowest BCUT2D eigenvalue weighted by Crippen LogP contribution is -2.70. The Morgan fingerprint density at radius 2 is 1.82 bits per heavy atom. The van der Waals surface area contributed by atoms with Crippen molar-refractivity contribution in [2.45, 2.75) is 70.2 Å². The molecule has 1 aliphatic carbocycles. The second-order valence-corrected chi connectivity index (χ2v) is 9.10. The first-order chi connectivity index (χ1) is 13.4. The summed E-state index contributed by atoms with van der Waals surface area (Å²) in [6, 6.07) is 6.24. The Labute approximate surface area is 165 Å². The molecule has 5 heteroatoms. The molecule has 4 saturated heterocycles. The average Bonchev–Trinajstić information content (AvgIpc) is 2.91. The highest BCUT2D eigenvalue weighted by molar-refractivity contribution is 5.35. The number of rotatable bonds is 0. The normalized spacial score (nSPS) is 46.9. The SMILES string of the molecule is C[C@H]1[C@@H](C#Cc2ccc(F)cc2)O[C@@H]2O[C@@]3(C)CC[C@H]4[C@H](C)CC[C@@H]1[C@@]24OO3. The van der Waals surface area contributed by atoms with E-state index in [1.807, 2.05) is 6.92 Å². The van der Waals surface area contributed by atoms with Gasteiger partial charge < -0.3 is 9.47 Å². The fourth-order valence-electron chi connectivity index (χ4n) is 5.76. The zero-order valence-corrected chi connectivity index (χ0v) is 16.6. The molecular formula is C23H27FO4. The third kappa shape index (κ3) is 2.74. The van der Waals surface area contributed by atoms with E-state index in [1.54, 1.807) is 12.1 Å². The summed E-state index contributed by atoms with van der Waals surface area (Å²) < 4.78 is 25.9. The van der Waals surface area contributed by atoms with Crippen LogP contribution in [0.2, 0.25) is 0 Å². The molecule has 0 amide bonds. The first-order valence-electron chi connectivity index (χ1n) is 10.4. The second-order valence-electron chi connectivity index (χ2n) is 9.10. The molecule has 1 aromatic carbocycles. The zero-order chi connectivity index (χ0) is 19.5. The molecule has 28 heavy (non-hydrogen) atoms. The molecule has 1 spiro atoms. The van der Waals surface area contributed by atoms with E-state index in [2.05, 4.69) is 25.7 Å². The van der Waals surface area contributed by atoms with Gasteiger partial charge in [-0.1, -0.05) is 25.7 Å². The van der Waals surface area contributed by atoms with E-state index >= 15 is 0 Å². The Kier molecular flexibility index (Phi) is 4.33. The Hall–Kier alpha value is -1.45. The van der Waals surface area contributed by atoms with E-state index in [0.717, 1.165) is 24.8 Å². The number of ether oxygens (including phenoxy) is 2. The highest BCUT2D eigenvalue weighted by atomic mass is 19.1. The Morgan fingerprint density at radius 1 is 1.04 bits per heavy atom. The first kappa shape index (κ1) is 18.6. The maximum atomic E-state index is 13.1. The summed E-state index contributed by atoms with van der Waals surface area (Å²) in [7, 11) is 0. The van der Waals surface area contributed by atoms with Crippen molar-refractivity contribution in [3.05, 3.63) is 35.6 Å². The molecule has 4 aliphatic heterocycles. The molecule has 4 heterocycles. The largest absolute Gasteiger partial charge is 0.333 e. The van der Waals surface area contributed by atoms with Crippen molar-refractivity contribution in [3.8, 4) is 11.8 Å². The minimum atomic E-state index is -0.771. The Bertz CT molecular complexity index is 814. The highest BCUT2D eigenvalue weighted by Crippen LogP contribution is 2.60. The molecule has 0 aromatic heterocycles. The molecule has 0 radical (unpaired) electrons. The third-order valence-electron chi connectivity index (χ3n) is 7.36. The van der Waals surface area contributed by atoms with E-state index in [0.29, 0.717) is 11.8 Å². The van der Waals surface area contributed by atoms with Crippen molar-refractivity contribution < 1.29 is 23.6 Å². The van der Waals surface area contributed by atoms with Gasteiger partial charge in [-0.3, -0.25) is 0 Å². The Balaban J connectivity index is 1.49. The first-order valence-corrected chi connectivity index (χ1v) is 10.4. The van der Waals surface area contributed by atoms with Gasteiger partial charge in [0, 0.05) is 17.9 Å². The van der Waals surface area contributed by atoms with Gasteiger partial charge in [0.05, 0.1) is 0 Å². The average molecular weight is 386 g/mol. The summed E-state index contributed by atoms with van der Waals surface area (Å²) in [6.45, 7) is 6.42. The predicted molar refractivity (Wildman–Crippen MR) is 100 cm³/mol. The van der Waals surface area contributed by atoms with Crippen LogP contribution < -0.4 is 0 Å². The van der Waals surface area contributed by atoms with Crippen molar-refractivity contribution in [1.82, 2.24) is 0 Å². The van der Waals surface area contributed by atoms with Crippen LogP contribution in [0.15, 0.2) is 24.3 Å². The lowest BCUT2D eigenvalue weighted by molar-refractivity contribution is -0.569. The maximum Gasteiger partial charge on any atom is 0.201 e. The van der Waals surface area contributed by atoms with Gasteiger partial charge in [0.15, 0.2) is 11.9 Å². The molecule has 2 bridgehead atoms. The van der Waals surface area contributed by atoms with Crippen LogP contribution in [0.25, 0.3) is 0 Å². The quantitative estimate of drug-likeness (QED) is 0.488. The van der Waals surface area contributed by atoms with Gasteiger partial charge in [-0.05, 0) is 68.2 Å². The summed E-state index contributed by atoms with van der Waals surface area (Å²) in [5.41, 5.74) is 0.226. The van der Waals surface area contributed by atoms with Crippen molar-refractivity contribution >= 4 is 0 Å². The number of benzene rings is 1. The van der Waals surface area contributed by atoms with Crippen molar-refractivity contribution in [2.75, 3.05) is 0 Å². The standard InChI is InChI=1S/C23H27FO4/c1-14-4-10-19-15(2)20(11-7-16-5-8-17(24)9-6-16)25-21-23(19)18(14)12-13-22(3,26-21)27-28-23/h5-6,8-9,14-15,18-21H,4,10,12-13H2,1-3H3/t14-,15-,18+,19+,20-,21-,22-,23-/m1/s1. The fraction of sp³-hybridized carbons (Fsp3) is 0.652. The van der Waals surface area contributed by atoms with E-state index in [4.69, 9.17) is 19.2 Å². The van der Waals surface area contributed by atoms with E-state index in [9.17, 15) is 4.39 Å². The molecular weight excluding hydrogens is 359 g/mol. The molecule has 6 rings (SSSR count). The van der Waals surface area contributed by atoms with Crippen molar-refractivity contribution in [3.63, 3.8) is 0 Å². The van der Waals surface area contributed by atoms with E-state index in [-0.39, 0.29) is 23.8 Å². The molecule has 0 unspecified atom stereocenters. The topological polar surface area (TPSA) is 36.9 Å². The van der Waals surface area contributed by atoms with Crippen LogP contribution in [0.4, 0.5) is 4.39 Å². The van der Waals surface area contributed by atoms with Crippen LogP contribution in [0.5, 0.6) is 0 Å². The maximum absolute atomic E-state index is 13.1. The lowest BCUT2D eigenvalue weighted by atomic mass is 9.57. The summed E-state index contributed by atoms with van der Waals surface area (Å²) in [5, 5.41) is 0. The van der Waals surface area contributed by atoms with Gasteiger partial charge in [-0.25, -0.2) is 14.2 Å². The third-order valence-corrected chi connectivity index (χ3v) is 7.36. The fourth-order valence-corrected chi connectivity index (χ4v) is 5.76. The molecule has 1 aromatic rings. The molecule has 1 saturated carbocycles. The summed E-state index contributed by atoms with van der Waals surface area (Å²) in [6.07, 6.45) is 3.31. The smallest absolute Gasteiger partial charge is 0.201 e. The molecule has 0 N–H and O–H groups in total. The molecule has 8 atom stereocenters. The monoisotopic (exact) mass is 386 g/mol. The molecule has 150 valence electrons. The van der Waals surface area contributed by atoms with Crippen LogP contribution in [-0.4, -0.2) is 23.8 Å². The van der Waals surface area contributed by atoms with E-state index in [1.165, 1.54) is 18.6 Å². The van der Waals surface area contributed by atoms with Crippen LogP contribution in [0, 0.1) is 41.3 Å². The number of fused-ring (bicyclic) bond motifs is 2. The molecule has 4 nitrogen and oxygen atoms in total. The Morgan fingerprint density at radius 3 is 2.61 bits per heavy atom. The lowest BCUT2D eigenvalue weighted by Gasteiger charge is -2.59. The summed E-state index contributed by atoms with van der Waals surface area (Å²) in [4.78, 5) is 12.0. The van der Waals surface area contributed by atoms with Gasteiger partial charge in [-0.15, -0.1) is 0 Å². The second kappa shape index (κ2) is 6.53. The van der Waals surface area contributed by atoms with Gasteiger partial charge in [0.25, 0.3) is 0 Å². The minimum Gasteiger partial charge on any atom is -0.333 e. The van der Waals surface area contributed by atoms with Gasteiger partial charge >= 0.3 is 0 Å². The predicted octanol–water partition coefficient (Wildman–Crippen LogP) is 4.43. The molecule has 5 aliphatic rings. The minimum absolute atomic E-state index is 0.189. The van der Waals surface area contributed by atoms with Gasteiger partial charge in [0.2, 0.25) is 5.79 Å². The number of halogens is 1. The van der Waals surface area contributed by atoms with Crippen LogP contribution in [-0.2, 0) is 19.2 Å². The zero-order valence-electron chi connectivity index (χ0n) is 16.6. The van der Waals surface area contributed by atoms with Crippen LogP contribution in [0.3, 0.4) is 0 Å². The van der Waals surface area contributed by atoms with Crippen LogP contribution in [0.1, 0.15) is 52.0 Å². The number of hydrogen-bond donors (Lipinski definition) is 0. The van der Waals surface area contributed by atoms with Gasteiger partial charge in [-0.2, -0.15) is 0 Å². The summed E-state index contributed by atoms with van der Waals surface area (Å²) >= 11 is 0. The van der Waals surface area contributed by atoms with Crippen LogP contribution >= 0.6 is 0 Å². The number of hydrogen-bond acceptors (Lipinski definition) is 4. The van der Waals surface area contributed by atoms with Crippen molar-refractivity contribution in [1.29, 1.82) is 0 Å².